The maximum absolute atomic E-state index is 6.36. The van der Waals surface area contributed by atoms with E-state index >= 15 is 0 Å². The van der Waals surface area contributed by atoms with E-state index < -0.39 is 0 Å². The first-order valence-electron chi connectivity index (χ1n) is 45.0. The second kappa shape index (κ2) is 30.0. The van der Waals surface area contributed by atoms with Gasteiger partial charge in [0.15, 0.2) is 0 Å². The summed E-state index contributed by atoms with van der Waals surface area (Å²) in [4.78, 5) is 2.33. The van der Waals surface area contributed by atoms with Gasteiger partial charge in [0.25, 0.3) is 0 Å². The van der Waals surface area contributed by atoms with E-state index in [0.717, 1.165) is 61.1 Å². The normalized spacial score (nSPS) is 13.1. The molecule has 2 aliphatic rings. The summed E-state index contributed by atoms with van der Waals surface area (Å²) >= 11 is 7.38. The number of aromatic nitrogens is 2. The largest absolute Gasteiger partial charge is 0.456 e. The molecule has 0 aliphatic heterocycles. The molecular formula is C123H82BrN3O2S2. The van der Waals surface area contributed by atoms with E-state index in [4.69, 9.17) is 8.83 Å². The standard InChI is InChI=1S/C61H40N2OS.C43H28BrNS.C19H14O/c1-61(2)53-19-11-9-17-44(53)49-27-22-39-32-52-51-31-37(23-30-54(51)63(41-15-7-4-8-16-41)55(52)36-50(39)60(49)61)38-21-26-47-48-29-25-43(35-59(48)65-58(47)33-38)62(40-13-5-3-6-14-40)42-24-28-46-45-18-10-12-20-56(45)64-57(46)34-42;1-43(2)37-11-7-6-10-30(37)33-17-13-27-21-36-35-20-25(26-12-16-31-32-18-15-28(44)23-41(32)46-40(31)22-26)14-19-38(35)45(29-8-4-3-5-9-29)39(36)24-34(27)42(33)43;1-2-6-14(7-3-1)12-15-10-11-17-16-8-4-5-9-18(16)20-19(17)13-15/h3-36H,1-2H3;3-24H,1-2H3;1-11,13H,12H2. The molecular weight excluding hydrogens is 1700 g/mol. The summed E-state index contributed by atoms with van der Waals surface area (Å²) in [5.41, 5.74) is 32.7. The first-order chi connectivity index (χ1) is 64.3. The van der Waals surface area contributed by atoms with Crippen LogP contribution in [0.4, 0.5) is 17.1 Å². The molecule has 2 aliphatic carbocycles. The zero-order chi connectivity index (χ0) is 87.1. The number of hydrogen-bond donors (Lipinski definition) is 0. The van der Waals surface area contributed by atoms with Crippen molar-refractivity contribution in [1.82, 2.24) is 9.13 Å². The van der Waals surface area contributed by atoms with Crippen molar-refractivity contribution in [3.8, 4) is 55.9 Å². The van der Waals surface area contributed by atoms with Crippen LogP contribution >= 0.6 is 38.6 Å². The molecule has 20 aromatic carbocycles. The SMILES string of the molecule is CC1(C)c2ccccc2-c2ccc3cc4c5cc(-c6ccc7c(c6)sc6cc(Br)ccc67)ccc5n(-c5ccccc5)c4cc3c21.CC1(C)c2ccccc2-c2ccc3cc4c5cc(-c6ccc7c(c6)sc6cc(N(c8ccccc8)c8ccc9c(c8)oc8ccccc89)ccc67)ccc5n(-c5ccccc5)c4cc3c21.c1ccc(Cc2ccc3c(c2)oc2ccccc23)cc1. The minimum absolute atomic E-state index is 0.0722. The van der Waals surface area contributed by atoms with Crippen molar-refractivity contribution in [2.45, 2.75) is 44.9 Å². The molecule has 620 valence electrons. The van der Waals surface area contributed by atoms with Crippen LogP contribution in [0.1, 0.15) is 61.1 Å². The second-order valence-electron chi connectivity index (χ2n) is 36.3. The van der Waals surface area contributed by atoms with Gasteiger partial charge in [-0.2, -0.15) is 0 Å². The fourth-order valence-corrected chi connectivity index (χ4v) is 24.8. The lowest BCUT2D eigenvalue weighted by Crippen LogP contribution is -2.15. The molecule has 0 saturated carbocycles. The summed E-state index contributed by atoms with van der Waals surface area (Å²) in [5.74, 6) is 0. The van der Waals surface area contributed by atoms with Gasteiger partial charge >= 0.3 is 0 Å². The number of hydrogen-bond acceptors (Lipinski definition) is 5. The number of thiophene rings is 2. The second-order valence-corrected chi connectivity index (χ2v) is 39.4. The Morgan fingerprint density at radius 3 is 1.19 bits per heavy atom. The third kappa shape index (κ3) is 12.4. The number of para-hydroxylation sites is 5. The zero-order valence-electron chi connectivity index (χ0n) is 72.3. The number of fused-ring (bicyclic) bond motifs is 28. The van der Waals surface area contributed by atoms with Crippen molar-refractivity contribution in [1.29, 1.82) is 0 Å². The van der Waals surface area contributed by atoms with Crippen LogP contribution in [0.2, 0.25) is 0 Å². The highest BCUT2D eigenvalue weighted by Crippen LogP contribution is 2.56. The van der Waals surface area contributed by atoms with Gasteiger partial charge in [-0.15, -0.1) is 22.7 Å². The molecule has 0 fully saturated rings. The Hall–Kier alpha value is -15.2. The zero-order valence-corrected chi connectivity index (χ0v) is 75.5. The molecule has 5 nitrogen and oxygen atoms in total. The first kappa shape index (κ1) is 77.0. The average molecular weight is 1780 g/mol. The van der Waals surface area contributed by atoms with Crippen molar-refractivity contribution in [3.05, 3.63) is 450 Å². The minimum Gasteiger partial charge on any atom is -0.456 e. The van der Waals surface area contributed by atoms with Crippen LogP contribution in [0.15, 0.2) is 426 Å². The van der Waals surface area contributed by atoms with Crippen LogP contribution in [0.5, 0.6) is 0 Å². The van der Waals surface area contributed by atoms with Gasteiger partial charge in [-0.1, -0.05) is 298 Å². The van der Waals surface area contributed by atoms with Crippen LogP contribution in [0.3, 0.4) is 0 Å². The van der Waals surface area contributed by atoms with Crippen molar-refractivity contribution in [2.75, 3.05) is 4.90 Å². The number of furan rings is 2. The molecule has 0 atom stereocenters. The minimum atomic E-state index is -0.102. The van der Waals surface area contributed by atoms with Crippen molar-refractivity contribution < 1.29 is 8.83 Å². The lowest BCUT2D eigenvalue weighted by Gasteiger charge is -2.25. The number of halogens is 1. The Labute approximate surface area is 772 Å². The molecule has 0 N–H and O–H groups in total. The summed E-state index contributed by atoms with van der Waals surface area (Å²) < 4.78 is 23.5. The molecule has 6 heterocycles. The van der Waals surface area contributed by atoms with E-state index in [-0.39, 0.29) is 10.8 Å². The van der Waals surface area contributed by atoms with Gasteiger partial charge in [-0.3, -0.25) is 0 Å². The van der Waals surface area contributed by atoms with E-state index in [9.17, 15) is 0 Å². The summed E-state index contributed by atoms with van der Waals surface area (Å²) in [7, 11) is 0. The van der Waals surface area contributed by atoms with Crippen LogP contribution in [-0.4, -0.2) is 9.13 Å². The van der Waals surface area contributed by atoms with Gasteiger partial charge in [0.1, 0.15) is 22.3 Å². The summed E-state index contributed by atoms with van der Waals surface area (Å²) in [6, 6.07) is 151. The number of rotatable bonds is 9. The highest BCUT2D eigenvalue weighted by atomic mass is 79.9. The maximum atomic E-state index is 6.36. The third-order valence-corrected chi connectivity index (χ3v) is 30.7. The molecule has 0 bridgehead atoms. The third-order valence-electron chi connectivity index (χ3n) is 28.0. The van der Waals surface area contributed by atoms with E-state index in [2.05, 4.69) is 440 Å². The predicted octanol–water partition coefficient (Wildman–Crippen LogP) is 35.9. The van der Waals surface area contributed by atoms with E-state index in [1.165, 1.54) is 206 Å². The maximum Gasteiger partial charge on any atom is 0.137 e. The Morgan fingerprint density at radius 1 is 0.260 bits per heavy atom. The Bertz CT molecular complexity index is 9230. The monoisotopic (exact) mass is 1780 g/mol. The smallest absolute Gasteiger partial charge is 0.137 e. The molecule has 0 unspecified atom stereocenters. The number of nitrogens with zero attached hydrogens (tertiary/aromatic N) is 3. The van der Waals surface area contributed by atoms with Crippen LogP contribution < -0.4 is 4.90 Å². The summed E-state index contributed by atoms with van der Waals surface area (Å²) in [6.45, 7) is 9.53. The van der Waals surface area contributed by atoms with Crippen LogP contribution in [-0.2, 0) is 17.3 Å². The van der Waals surface area contributed by atoms with Gasteiger partial charge in [-0.05, 0) is 258 Å². The van der Waals surface area contributed by atoms with Gasteiger partial charge in [-0.25, -0.2) is 0 Å². The molecule has 6 aromatic heterocycles. The van der Waals surface area contributed by atoms with E-state index in [1.54, 1.807) is 0 Å². The molecule has 0 amide bonds. The predicted molar refractivity (Wildman–Crippen MR) is 561 cm³/mol. The molecule has 8 heteroatoms. The van der Waals surface area contributed by atoms with Crippen LogP contribution in [0.25, 0.3) is 205 Å². The highest BCUT2D eigenvalue weighted by Gasteiger charge is 2.39. The Kier molecular flexibility index (Phi) is 17.6. The van der Waals surface area contributed by atoms with Crippen molar-refractivity contribution in [3.63, 3.8) is 0 Å². The lowest BCUT2D eigenvalue weighted by atomic mass is 9.80. The van der Waals surface area contributed by atoms with E-state index in [0.29, 0.717) is 0 Å². The lowest BCUT2D eigenvalue weighted by molar-refractivity contribution is 0.666. The van der Waals surface area contributed by atoms with Gasteiger partial charge in [0.05, 0.1) is 22.1 Å². The summed E-state index contributed by atoms with van der Waals surface area (Å²) in [5, 5.41) is 20.2. The topological polar surface area (TPSA) is 39.4 Å². The highest BCUT2D eigenvalue weighted by molar-refractivity contribution is 9.10. The van der Waals surface area contributed by atoms with Gasteiger partial charge in [0.2, 0.25) is 0 Å². The van der Waals surface area contributed by atoms with Crippen LogP contribution in [0, 0.1) is 0 Å². The molecule has 26 aromatic rings. The Morgan fingerprint density at radius 2 is 0.656 bits per heavy atom. The quantitative estimate of drug-likeness (QED) is 0.145. The molecule has 0 spiro atoms. The van der Waals surface area contributed by atoms with Crippen molar-refractivity contribution >= 4 is 205 Å². The molecule has 131 heavy (non-hydrogen) atoms. The molecule has 28 rings (SSSR count). The summed E-state index contributed by atoms with van der Waals surface area (Å²) in [6.07, 6.45) is 0.938. The fourth-order valence-electron chi connectivity index (χ4n) is 21.9. The van der Waals surface area contributed by atoms with Gasteiger partial charge in [0, 0.05) is 133 Å². The fraction of sp³-hybridized carbons (Fsp3) is 0.0569. The first-order valence-corrected chi connectivity index (χ1v) is 47.5. The molecule has 0 saturated heterocycles. The van der Waals surface area contributed by atoms with Gasteiger partial charge < -0.3 is 22.9 Å². The average Bonchev–Trinajstić information content (AvgIpc) is 1.56. The number of anilines is 3. The van der Waals surface area contributed by atoms with Crippen molar-refractivity contribution in [2.24, 2.45) is 0 Å². The Balaban J connectivity index is 0.000000118. The number of benzene rings is 20. The van der Waals surface area contributed by atoms with E-state index in [1.807, 2.05) is 53.0 Å². The molecule has 0 radical (unpaired) electrons.